The molecule has 23 heavy (non-hydrogen) atoms. The summed E-state index contributed by atoms with van der Waals surface area (Å²) in [6.45, 7) is 13.9. The first kappa shape index (κ1) is 18.2. The van der Waals surface area contributed by atoms with E-state index in [0.29, 0.717) is 0 Å². The second kappa shape index (κ2) is 5.76. The molecule has 3 heterocycles. The highest BCUT2D eigenvalue weighted by molar-refractivity contribution is 6.62. The van der Waals surface area contributed by atoms with Gasteiger partial charge >= 0.3 is 7.12 Å². The molecule has 3 N–H and O–H groups in total. The SMILES string of the molecule is CC1(C)CCCN1c1ccc(B2OC(C)(C)C(C)(C)O2)cn1.N. The van der Waals surface area contributed by atoms with Gasteiger partial charge in [-0.3, -0.25) is 0 Å². The first-order chi connectivity index (χ1) is 10.1. The lowest BCUT2D eigenvalue weighted by Crippen LogP contribution is -2.41. The fourth-order valence-corrected chi connectivity index (χ4v) is 3.21. The van der Waals surface area contributed by atoms with Crippen molar-refractivity contribution in [3.63, 3.8) is 0 Å². The monoisotopic (exact) mass is 319 g/mol. The van der Waals surface area contributed by atoms with Crippen LogP contribution < -0.4 is 16.5 Å². The average Bonchev–Trinajstić information content (AvgIpc) is 2.86. The molecule has 6 heteroatoms. The number of pyridine rings is 1. The predicted molar refractivity (Wildman–Crippen MR) is 95.6 cm³/mol. The molecule has 0 unspecified atom stereocenters. The van der Waals surface area contributed by atoms with E-state index >= 15 is 0 Å². The maximum atomic E-state index is 6.08. The third-order valence-electron chi connectivity index (χ3n) is 5.47. The van der Waals surface area contributed by atoms with Gasteiger partial charge in [0.05, 0.1) is 11.2 Å². The molecule has 2 aliphatic heterocycles. The normalized spacial score (nSPS) is 24.6. The van der Waals surface area contributed by atoms with Crippen molar-refractivity contribution < 1.29 is 9.31 Å². The topological polar surface area (TPSA) is 69.6 Å². The zero-order chi connectivity index (χ0) is 16.2. The van der Waals surface area contributed by atoms with Crippen LogP contribution in [0.2, 0.25) is 0 Å². The smallest absolute Gasteiger partial charge is 0.399 e. The van der Waals surface area contributed by atoms with Crippen molar-refractivity contribution in [2.45, 2.75) is 71.1 Å². The number of hydrogen-bond acceptors (Lipinski definition) is 5. The lowest BCUT2D eigenvalue weighted by molar-refractivity contribution is 0.00578. The van der Waals surface area contributed by atoms with Gasteiger partial charge < -0.3 is 20.4 Å². The van der Waals surface area contributed by atoms with Crippen molar-refractivity contribution >= 4 is 18.4 Å². The van der Waals surface area contributed by atoms with E-state index in [9.17, 15) is 0 Å². The third kappa shape index (κ3) is 3.12. The summed E-state index contributed by atoms with van der Waals surface area (Å²) in [4.78, 5) is 7.05. The van der Waals surface area contributed by atoms with Gasteiger partial charge in [-0.2, -0.15) is 0 Å². The average molecular weight is 319 g/mol. The Bertz CT molecular complexity index is 541. The maximum Gasteiger partial charge on any atom is 0.496 e. The van der Waals surface area contributed by atoms with Gasteiger partial charge in [-0.25, -0.2) is 4.98 Å². The Morgan fingerprint density at radius 2 is 1.65 bits per heavy atom. The highest BCUT2D eigenvalue weighted by Gasteiger charge is 2.51. The fraction of sp³-hybridized carbons (Fsp3) is 0.706. The van der Waals surface area contributed by atoms with Crippen LogP contribution in [0.3, 0.4) is 0 Å². The standard InChI is InChI=1S/C17H27BN2O2.H3N/c1-15(2)10-7-11-20(15)14-9-8-13(12-19-14)18-21-16(3,4)17(5,6)22-18;/h8-9,12H,7,10-11H2,1-6H3;1H3. The van der Waals surface area contributed by atoms with E-state index in [1.54, 1.807) is 0 Å². The molecule has 0 aromatic carbocycles. The molecule has 5 nitrogen and oxygen atoms in total. The zero-order valence-corrected chi connectivity index (χ0v) is 15.3. The molecule has 2 saturated heterocycles. The third-order valence-corrected chi connectivity index (χ3v) is 5.47. The summed E-state index contributed by atoms with van der Waals surface area (Å²) in [5.74, 6) is 1.04. The molecule has 2 aliphatic rings. The van der Waals surface area contributed by atoms with Crippen LogP contribution in [0.4, 0.5) is 5.82 Å². The van der Waals surface area contributed by atoms with Gasteiger partial charge in [-0.15, -0.1) is 0 Å². The van der Waals surface area contributed by atoms with Gasteiger partial charge in [0.15, 0.2) is 0 Å². The van der Waals surface area contributed by atoms with Gasteiger partial charge in [0.1, 0.15) is 5.82 Å². The zero-order valence-electron chi connectivity index (χ0n) is 15.3. The number of hydrogen-bond donors (Lipinski definition) is 1. The van der Waals surface area contributed by atoms with Crippen molar-refractivity contribution in [2.24, 2.45) is 0 Å². The molecule has 1 aromatic heterocycles. The van der Waals surface area contributed by atoms with Gasteiger partial charge in [0.2, 0.25) is 0 Å². The largest absolute Gasteiger partial charge is 0.496 e. The van der Waals surface area contributed by atoms with E-state index in [-0.39, 0.29) is 30.0 Å². The first-order valence-corrected chi connectivity index (χ1v) is 8.22. The Labute approximate surface area is 140 Å². The predicted octanol–water partition coefficient (Wildman–Crippen LogP) is 2.92. The van der Waals surface area contributed by atoms with Crippen LogP contribution >= 0.6 is 0 Å². The van der Waals surface area contributed by atoms with Crippen LogP contribution in [0.25, 0.3) is 0 Å². The minimum absolute atomic E-state index is 0. The summed E-state index contributed by atoms with van der Waals surface area (Å²) in [7, 11) is -0.335. The van der Waals surface area contributed by atoms with Crippen LogP contribution in [0.5, 0.6) is 0 Å². The molecule has 128 valence electrons. The summed E-state index contributed by atoms with van der Waals surface area (Å²) < 4.78 is 12.2. The minimum Gasteiger partial charge on any atom is -0.399 e. The van der Waals surface area contributed by atoms with Crippen molar-refractivity contribution in [1.82, 2.24) is 11.1 Å². The highest BCUT2D eigenvalue weighted by atomic mass is 16.7. The van der Waals surface area contributed by atoms with Gasteiger partial charge in [-0.1, -0.05) is 6.07 Å². The fourth-order valence-electron chi connectivity index (χ4n) is 3.21. The first-order valence-electron chi connectivity index (χ1n) is 8.22. The lowest BCUT2D eigenvalue weighted by atomic mass is 9.80. The minimum atomic E-state index is -0.335. The summed E-state index contributed by atoms with van der Waals surface area (Å²) in [6, 6.07) is 4.17. The quantitative estimate of drug-likeness (QED) is 0.849. The van der Waals surface area contributed by atoms with Crippen molar-refractivity contribution in [2.75, 3.05) is 11.4 Å². The molecule has 0 atom stereocenters. The Morgan fingerprint density at radius 1 is 1.04 bits per heavy atom. The van der Waals surface area contributed by atoms with Gasteiger partial charge in [0, 0.05) is 23.7 Å². The van der Waals surface area contributed by atoms with E-state index < -0.39 is 0 Å². The number of aromatic nitrogens is 1. The van der Waals surface area contributed by atoms with E-state index in [1.807, 2.05) is 6.20 Å². The number of anilines is 1. The van der Waals surface area contributed by atoms with Gasteiger partial charge in [0.25, 0.3) is 0 Å². The summed E-state index contributed by atoms with van der Waals surface area (Å²) in [6.07, 6.45) is 4.34. The van der Waals surface area contributed by atoms with E-state index in [4.69, 9.17) is 9.31 Å². The van der Waals surface area contributed by atoms with E-state index in [0.717, 1.165) is 17.8 Å². The second-order valence-corrected chi connectivity index (χ2v) is 8.11. The van der Waals surface area contributed by atoms with Crippen molar-refractivity contribution in [1.29, 1.82) is 0 Å². The lowest BCUT2D eigenvalue weighted by Gasteiger charge is -2.32. The van der Waals surface area contributed by atoms with Crippen LogP contribution in [-0.2, 0) is 9.31 Å². The van der Waals surface area contributed by atoms with Crippen LogP contribution in [0.15, 0.2) is 18.3 Å². The Balaban J connectivity index is 0.00000192. The second-order valence-electron chi connectivity index (χ2n) is 8.11. The Morgan fingerprint density at radius 3 is 2.09 bits per heavy atom. The van der Waals surface area contributed by atoms with Crippen LogP contribution in [-0.4, -0.2) is 35.4 Å². The molecular weight excluding hydrogens is 289 g/mol. The number of nitrogens with zero attached hydrogens (tertiary/aromatic N) is 2. The maximum absolute atomic E-state index is 6.08. The van der Waals surface area contributed by atoms with Crippen LogP contribution in [0.1, 0.15) is 54.4 Å². The molecular formula is C17H30BN3O2. The van der Waals surface area contributed by atoms with E-state index in [2.05, 4.69) is 63.6 Å². The van der Waals surface area contributed by atoms with Gasteiger partial charge in [-0.05, 0) is 60.5 Å². The van der Waals surface area contributed by atoms with Crippen LogP contribution in [0, 0.1) is 0 Å². The van der Waals surface area contributed by atoms with E-state index in [1.165, 1.54) is 12.8 Å². The Kier molecular flexibility index (Phi) is 4.57. The van der Waals surface area contributed by atoms with Crippen molar-refractivity contribution in [3.8, 4) is 0 Å². The summed E-state index contributed by atoms with van der Waals surface area (Å²) in [5.41, 5.74) is 0.554. The molecule has 0 amide bonds. The molecule has 0 spiro atoms. The molecule has 0 aliphatic carbocycles. The summed E-state index contributed by atoms with van der Waals surface area (Å²) in [5, 5.41) is 0. The molecule has 1 aromatic rings. The molecule has 0 saturated carbocycles. The molecule has 0 bridgehead atoms. The molecule has 3 rings (SSSR count). The molecule has 2 fully saturated rings. The highest BCUT2D eigenvalue weighted by Crippen LogP contribution is 2.36. The summed E-state index contributed by atoms with van der Waals surface area (Å²) >= 11 is 0. The number of rotatable bonds is 2. The molecule has 0 radical (unpaired) electrons. The Hall–Kier alpha value is -1.11. The van der Waals surface area contributed by atoms with Crippen molar-refractivity contribution in [3.05, 3.63) is 18.3 Å².